The highest BCUT2D eigenvalue weighted by atomic mass is 16.7. The Balaban J connectivity index is 1.75. The van der Waals surface area contributed by atoms with E-state index in [4.69, 9.17) is 14.2 Å². The van der Waals surface area contributed by atoms with Crippen molar-refractivity contribution in [2.45, 2.75) is 20.4 Å². The molecule has 1 heterocycles. The summed E-state index contributed by atoms with van der Waals surface area (Å²) in [5.74, 6) is 1.89. The summed E-state index contributed by atoms with van der Waals surface area (Å²) in [6, 6.07) is 9.20. The number of aryl methyl sites for hydroxylation is 2. The summed E-state index contributed by atoms with van der Waals surface area (Å²) in [6.07, 6.45) is 0. The summed E-state index contributed by atoms with van der Waals surface area (Å²) in [5, 5.41) is 2.93. The zero-order valence-corrected chi connectivity index (χ0v) is 13.4. The van der Waals surface area contributed by atoms with Crippen LogP contribution >= 0.6 is 0 Å². The van der Waals surface area contributed by atoms with Gasteiger partial charge in [-0.3, -0.25) is 4.79 Å². The highest BCUT2D eigenvalue weighted by Crippen LogP contribution is 2.32. The van der Waals surface area contributed by atoms with Crippen LogP contribution < -0.4 is 19.5 Å². The molecule has 0 spiro atoms. The van der Waals surface area contributed by atoms with Gasteiger partial charge in [0.25, 0.3) is 5.91 Å². The van der Waals surface area contributed by atoms with E-state index in [2.05, 4.69) is 11.4 Å². The average Bonchev–Trinajstić information content (AvgIpc) is 3.00. The Kier molecular flexibility index (Phi) is 4.10. The fraction of sp³-hybridized carbons (Fsp3) is 0.278. The van der Waals surface area contributed by atoms with Gasteiger partial charge in [0.15, 0.2) is 11.5 Å². The number of carbonyl (C=O) groups excluding carboxylic acids is 1. The number of hydrogen-bond acceptors (Lipinski definition) is 4. The molecule has 5 nitrogen and oxygen atoms in total. The zero-order chi connectivity index (χ0) is 16.4. The van der Waals surface area contributed by atoms with Crippen LogP contribution in [0.5, 0.6) is 17.2 Å². The van der Waals surface area contributed by atoms with Crippen LogP contribution in [0, 0.1) is 13.8 Å². The summed E-state index contributed by atoms with van der Waals surface area (Å²) < 4.78 is 16.0. The van der Waals surface area contributed by atoms with E-state index >= 15 is 0 Å². The molecule has 0 unspecified atom stereocenters. The molecule has 0 atom stereocenters. The second-order valence-corrected chi connectivity index (χ2v) is 5.51. The fourth-order valence-electron chi connectivity index (χ4n) is 2.68. The standard InChI is InChI=1S/C18H19NO4/c1-11-6-12(2)14(16(7-11)21-3)9-19-18(20)13-4-5-15-17(8-13)23-10-22-15/h4-8H,9-10H2,1-3H3,(H,19,20). The van der Waals surface area contributed by atoms with Crippen LogP contribution in [0.2, 0.25) is 0 Å². The number of amides is 1. The molecule has 3 rings (SSSR count). The molecular formula is C18H19NO4. The van der Waals surface area contributed by atoms with E-state index in [9.17, 15) is 4.79 Å². The van der Waals surface area contributed by atoms with E-state index in [1.54, 1.807) is 25.3 Å². The lowest BCUT2D eigenvalue weighted by Gasteiger charge is -2.14. The average molecular weight is 313 g/mol. The first-order chi connectivity index (χ1) is 11.1. The summed E-state index contributed by atoms with van der Waals surface area (Å²) in [4.78, 5) is 12.3. The summed E-state index contributed by atoms with van der Waals surface area (Å²) in [6.45, 7) is 4.63. The van der Waals surface area contributed by atoms with Gasteiger partial charge in [-0.05, 0) is 49.2 Å². The highest BCUT2D eigenvalue weighted by Gasteiger charge is 2.16. The van der Waals surface area contributed by atoms with Gasteiger partial charge in [-0.25, -0.2) is 0 Å². The molecule has 0 bridgehead atoms. The van der Waals surface area contributed by atoms with E-state index in [1.165, 1.54) is 0 Å². The molecule has 1 N–H and O–H groups in total. The second kappa shape index (κ2) is 6.20. The van der Waals surface area contributed by atoms with Crippen molar-refractivity contribution < 1.29 is 19.0 Å². The molecule has 1 amide bonds. The molecule has 2 aromatic carbocycles. The van der Waals surface area contributed by atoms with Crippen molar-refractivity contribution in [2.75, 3.05) is 13.9 Å². The van der Waals surface area contributed by atoms with E-state index in [1.807, 2.05) is 19.9 Å². The predicted molar refractivity (Wildman–Crippen MR) is 86.2 cm³/mol. The monoisotopic (exact) mass is 313 g/mol. The molecule has 0 saturated carbocycles. The van der Waals surface area contributed by atoms with E-state index in [-0.39, 0.29) is 12.7 Å². The van der Waals surface area contributed by atoms with Crippen molar-refractivity contribution in [3.8, 4) is 17.2 Å². The Labute approximate surface area is 135 Å². The number of hydrogen-bond donors (Lipinski definition) is 1. The molecule has 120 valence electrons. The number of ether oxygens (including phenoxy) is 3. The van der Waals surface area contributed by atoms with Gasteiger partial charge in [-0.1, -0.05) is 6.07 Å². The van der Waals surface area contributed by atoms with Gasteiger partial charge in [0.1, 0.15) is 5.75 Å². The third-order valence-corrected chi connectivity index (χ3v) is 3.86. The van der Waals surface area contributed by atoms with Crippen LogP contribution in [0.25, 0.3) is 0 Å². The van der Waals surface area contributed by atoms with Crippen molar-refractivity contribution in [1.82, 2.24) is 5.32 Å². The molecule has 0 aliphatic carbocycles. The summed E-state index contributed by atoms with van der Waals surface area (Å²) in [5.41, 5.74) is 3.74. The number of methoxy groups -OCH3 is 1. The Morgan fingerprint density at radius 2 is 1.96 bits per heavy atom. The lowest BCUT2D eigenvalue weighted by Crippen LogP contribution is -2.23. The zero-order valence-electron chi connectivity index (χ0n) is 13.4. The maximum absolute atomic E-state index is 12.3. The first-order valence-electron chi connectivity index (χ1n) is 7.40. The van der Waals surface area contributed by atoms with Crippen molar-refractivity contribution in [3.63, 3.8) is 0 Å². The predicted octanol–water partition coefficient (Wildman–Crippen LogP) is 2.97. The van der Waals surface area contributed by atoms with Gasteiger partial charge in [0.2, 0.25) is 6.79 Å². The van der Waals surface area contributed by atoms with Crippen molar-refractivity contribution >= 4 is 5.91 Å². The minimum atomic E-state index is -0.162. The second-order valence-electron chi connectivity index (χ2n) is 5.51. The first kappa shape index (κ1) is 15.2. The molecule has 23 heavy (non-hydrogen) atoms. The molecule has 5 heteroatoms. The van der Waals surface area contributed by atoms with E-state index in [0.717, 1.165) is 22.4 Å². The smallest absolute Gasteiger partial charge is 0.251 e. The van der Waals surface area contributed by atoms with E-state index < -0.39 is 0 Å². The maximum Gasteiger partial charge on any atom is 0.251 e. The van der Waals surface area contributed by atoms with E-state index in [0.29, 0.717) is 23.6 Å². The topological polar surface area (TPSA) is 56.8 Å². The van der Waals surface area contributed by atoms with Gasteiger partial charge >= 0.3 is 0 Å². The van der Waals surface area contributed by atoms with Crippen LogP contribution in [0.3, 0.4) is 0 Å². The first-order valence-corrected chi connectivity index (χ1v) is 7.40. The van der Waals surface area contributed by atoms with Crippen molar-refractivity contribution in [3.05, 3.63) is 52.6 Å². The Hall–Kier alpha value is -2.69. The third-order valence-electron chi connectivity index (χ3n) is 3.86. The maximum atomic E-state index is 12.3. The van der Waals surface area contributed by atoms with Crippen LogP contribution in [0.1, 0.15) is 27.0 Å². The van der Waals surface area contributed by atoms with Crippen molar-refractivity contribution in [2.24, 2.45) is 0 Å². The number of fused-ring (bicyclic) bond motifs is 1. The molecule has 0 radical (unpaired) electrons. The number of benzene rings is 2. The molecular weight excluding hydrogens is 294 g/mol. The summed E-state index contributed by atoms with van der Waals surface area (Å²) >= 11 is 0. The fourth-order valence-corrected chi connectivity index (χ4v) is 2.68. The number of nitrogens with one attached hydrogen (secondary N) is 1. The van der Waals surface area contributed by atoms with Gasteiger partial charge in [0, 0.05) is 17.7 Å². The van der Waals surface area contributed by atoms with Gasteiger partial charge in [-0.2, -0.15) is 0 Å². The van der Waals surface area contributed by atoms with Crippen molar-refractivity contribution in [1.29, 1.82) is 0 Å². The third kappa shape index (κ3) is 3.08. The largest absolute Gasteiger partial charge is 0.496 e. The van der Waals surface area contributed by atoms with Crippen LogP contribution in [-0.2, 0) is 6.54 Å². The molecule has 1 aliphatic rings. The normalized spacial score (nSPS) is 12.1. The quantitative estimate of drug-likeness (QED) is 0.943. The molecule has 2 aromatic rings. The minimum Gasteiger partial charge on any atom is -0.496 e. The highest BCUT2D eigenvalue weighted by molar-refractivity contribution is 5.94. The molecule has 0 aromatic heterocycles. The van der Waals surface area contributed by atoms with Gasteiger partial charge in [-0.15, -0.1) is 0 Å². The number of carbonyl (C=O) groups is 1. The Bertz CT molecular complexity index is 755. The number of rotatable bonds is 4. The van der Waals surface area contributed by atoms with Crippen LogP contribution in [0.15, 0.2) is 30.3 Å². The minimum absolute atomic E-state index is 0.162. The summed E-state index contributed by atoms with van der Waals surface area (Å²) in [7, 11) is 1.64. The van der Waals surface area contributed by atoms with Crippen LogP contribution in [-0.4, -0.2) is 19.8 Å². The van der Waals surface area contributed by atoms with Gasteiger partial charge in [0.05, 0.1) is 7.11 Å². The lowest BCUT2D eigenvalue weighted by molar-refractivity contribution is 0.0950. The molecule has 1 aliphatic heterocycles. The van der Waals surface area contributed by atoms with Gasteiger partial charge < -0.3 is 19.5 Å². The molecule has 0 fully saturated rings. The SMILES string of the molecule is COc1cc(C)cc(C)c1CNC(=O)c1ccc2c(c1)OCO2. The molecule has 0 saturated heterocycles. The van der Waals surface area contributed by atoms with Crippen LogP contribution in [0.4, 0.5) is 0 Å². The Morgan fingerprint density at radius 1 is 1.17 bits per heavy atom. The Morgan fingerprint density at radius 3 is 2.74 bits per heavy atom. The lowest BCUT2D eigenvalue weighted by atomic mass is 10.0.